The van der Waals surface area contributed by atoms with Gasteiger partial charge in [0.25, 0.3) is 0 Å². The summed E-state index contributed by atoms with van der Waals surface area (Å²) < 4.78 is 0. The molecule has 0 aliphatic carbocycles. The smallest absolute Gasteiger partial charge is 0.0431 e. The molecule has 0 saturated carbocycles. The summed E-state index contributed by atoms with van der Waals surface area (Å²) in [5.41, 5.74) is 5.21. The number of aliphatic hydroxyl groups excluding tert-OH is 3. The van der Waals surface area contributed by atoms with Crippen molar-refractivity contribution in [3.8, 4) is 0 Å². The largest absolute Gasteiger partial charge is 0.397 e. The van der Waals surface area contributed by atoms with Gasteiger partial charge in [0.05, 0.1) is 0 Å². The average Bonchev–Trinajstić information content (AvgIpc) is 2.76. The van der Waals surface area contributed by atoms with E-state index in [0.29, 0.717) is 6.61 Å². The summed E-state index contributed by atoms with van der Waals surface area (Å²) in [6, 6.07) is 0. The minimum absolute atomic E-state index is 0.250. The molecule has 0 heterocycles. The van der Waals surface area contributed by atoms with E-state index in [-0.39, 0.29) is 13.2 Å². The van der Waals surface area contributed by atoms with Gasteiger partial charge in [0, 0.05) is 19.8 Å². The average molecular weight is 448 g/mol. The highest BCUT2D eigenvalue weighted by atomic mass is 16.3. The maximum absolute atomic E-state index is 8.66. The lowest BCUT2D eigenvalue weighted by Gasteiger charge is -1.99. The van der Waals surface area contributed by atoms with E-state index in [9.17, 15) is 0 Å². The van der Waals surface area contributed by atoms with Crippen LogP contribution < -0.4 is 5.73 Å². The van der Waals surface area contributed by atoms with Crippen molar-refractivity contribution in [1.29, 1.82) is 0 Å². The first-order chi connectivity index (χ1) is 15.2. The zero-order valence-electron chi connectivity index (χ0n) is 21.9. The monoisotopic (exact) mass is 447 g/mol. The highest BCUT2D eigenvalue weighted by molar-refractivity contribution is 4.81. The van der Waals surface area contributed by atoms with Crippen LogP contribution in [0.15, 0.2) is 12.2 Å². The molecule has 0 saturated heterocycles. The summed E-state index contributed by atoms with van der Waals surface area (Å²) >= 11 is 0. The first kappa shape index (κ1) is 37.9. The van der Waals surface area contributed by atoms with Crippen LogP contribution in [0, 0.1) is 0 Å². The summed E-state index contributed by atoms with van der Waals surface area (Å²) in [6.45, 7) is 9.53. The molecule has 31 heavy (non-hydrogen) atoms. The van der Waals surface area contributed by atoms with Crippen LogP contribution in [0.5, 0.6) is 0 Å². The molecule has 0 aromatic rings. The molecule has 0 atom stereocenters. The van der Waals surface area contributed by atoms with Crippen molar-refractivity contribution in [2.45, 2.75) is 137 Å². The Morgan fingerprint density at radius 1 is 0.484 bits per heavy atom. The van der Waals surface area contributed by atoms with Gasteiger partial charge in [-0.05, 0) is 58.9 Å². The van der Waals surface area contributed by atoms with Crippen molar-refractivity contribution in [2.24, 2.45) is 5.73 Å². The number of unbranched alkanes of at least 4 members (excludes halogenated alkanes) is 14. The lowest BCUT2D eigenvalue weighted by Crippen LogP contribution is -1.96. The Kier molecular flexibility index (Phi) is 57.9. The first-order valence-electron chi connectivity index (χ1n) is 13.3. The molecular formula is C27H61NO3. The van der Waals surface area contributed by atoms with E-state index >= 15 is 0 Å². The number of hydrogen-bond donors (Lipinski definition) is 4. The topological polar surface area (TPSA) is 86.7 Å². The third-order valence-electron chi connectivity index (χ3n) is 4.48. The molecule has 0 aliphatic heterocycles. The Labute approximate surface area is 196 Å². The van der Waals surface area contributed by atoms with E-state index < -0.39 is 0 Å². The maximum atomic E-state index is 8.66. The Morgan fingerprint density at radius 2 is 0.806 bits per heavy atom. The van der Waals surface area contributed by atoms with Crippen molar-refractivity contribution < 1.29 is 15.3 Å². The third kappa shape index (κ3) is 65.2. The van der Waals surface area contributed by atoms with Gasteiger partial charge in [0.15, 0.2) is 0 Å². The van der Waals surface area contributed by atoms with Crippen molar-refractivity contribution in [1.82, 2.24) is 0 Å². The lowest BCUT2D eigenvalue weighted by molar-refractivity contribution is 0.282. The molecular weight excluding hydrogens is 386 g/mol. The number of rotatable bonds is 18. The molecule has 0 aliphatic rings. The summed E-state index contributed by atoms with van der Waals surface area (Å²) in [6.07, 6.45) is 27.0. The molecule has 0 bridgehead atoms. The second-order valence-corrected chi connectivity index (χ2v) is 7.79. The summed E-state index contributed by atoms with van der Waals surface area (Å²) in [5.74, 6) is 0. The highest BCUT2D eigenvalue weighted by Crippen LogP contribution is 2.09. The summed E-state index contributed by atoms with van der Waals surface area (Å²) in [5, 5.41) is 23.8. The van der Waals surface area contributed by atoms with E-state index in [1.165, 1.54) is 103 Å². The van der Waals surface area contributed by atoms with E-state index in [1.54, 1.807) is 13.8 Å². The van der Waals surface area contributed by atoms with Crippen LogP contribution in [0.3, 0.4) is 0 Å². The van der Waals surface area contributed by atoms with Gasteiger partial charge in [-0.2, -0.15) is 0 Å². The lowest BCUT2D eigenvalue weighted by atomic mass is 10.1. The predicted molar refractivity (Wildman–Crippen MR) is 141 cm³/mol. The molecule has 0 amide bonds. The fourth-order valence-corrected chi connectivity index (χ4v) is 2.75. The fourth-order valence-electron chi connectivity index (χ4n) is 2.75. The van der Waals surface area contributed by atoms with Crippen LogP contribution >= 0.6 is 0 Å². The van der Waals surface area contributed by atoms with Crippen LogP contribution in [-0.4, -0.2) is 41.7 Å². The minimum Gasteiger partial charge on any atom is -0.397 e. The molecule has 0 aromatic heterocycles. The third-order valence-corrected chi connectivity index (χ3v) is 4.48. The molecule has 0 unspecified atom stereocenters. The van der Waals surface area contributed by atoms with Gasteiger partial charge in [-0.1, -0.05) is 96.6 Å². The van der Waals surface area contributed by atoms with Gasteiger partial charge >= 0.3 is 0 Å². The Hall–Kier alpha value is -0.420. The normalized spacial score (nSPS) is 9.94. The van der Waals surface area contributed by atoms with Crippen LogP contribution in [0.1, 0.15) is 137 Å². The van der Waals surface area contributed by atoms with Crippen molar-refractivity contribution in [3.05, 3.63) is 12.2 Å². The molecule has 4 nitrogen and oxygen atoms in total. The number of allylic oxidation sites excluding steroid dienone is 2. The van der Waals surface area contributed by atoms with Gasteiger partial charge in [-0.25, -0.2) is 0 Å². The maximum Gasteiger partial charge on any atom is 0.0431 e. The van der Waals surface area contributed by atoms with Crippen LogP contribution in [0.2, 0.25) is 0 Å². The van der Waals surface area contributed by atoms with Crippen molar-refractivity contribution in [2.75, 3.05) is 26.4 Å². The van der Waals surface area contributed by atoms with Crippen LogP contribution in [0.4, 0.5) is 0 Å². The van der Waals surface area contributed by atoms with Gasteiger partial charge in [0.2, 0.25) is 0 Å². The Bertz CT molecular complexity index is 255. The van der Waals surface area contributed by atoms with Crippen molar-refractivity contribution >= 4 is 0 Å². The van der Waals surface area contributed by atoms with Crippen molar-refractivity contribution in [3.63, 3.8) is 0 Å². The summed E-state index contributed by atoms with van der Waals surface area (Å²) in [7, 11) is 0. The number of nitrogens with two attached hydrogens (primary N) is 1. The molecule has 5 N–H and O–H groups in total. The highest BCUT2D eigenvalue weighted by Gasteiger charge is 1.90. The second-order valence-electron chi connectivity index (χ2n) is 7.79. The molecule has 0 spiro atoms. The Balaban J connectivity index is -0.000000249. The zero-order chi connectivity index (χ0) is 24.3. The summed E-state index contributed by atoms with van der Waals surface area (Å²) in [4.78, 5) is 0. The molecule has 0 aromatic carbocycles. The fraction of sp³-hybridized carbons (Fsp3) is 0.926. The molecule has 0 radical (unpaired) electrons. The second kappa shape index (κ2) is 47.4. The Morgan fingerprint density at radius 3 is 1.13 bits per heavy atom. The number of aliphatic hydroxyl groups is 3. The van der Waals surface area contributed by atoms with Crippen LogP contribution in [0.25, 0.3) is 0 Å². The first-order valence-corrected chi connectivity index (χ1v) is 13.3. The zero-order valence-corrected chi connectivity index (χ0v) is 21.9. The number of hydrogen-bond acceptors (Lipinski definition) is 4. The predicted octanol–water partition coefficient (Wildman–Crippen LogP) is 7.15. The van der Waals surface area contributed by atoms with Crippen LogP contribution in [-0.2, 0) is 0 Å². The standard InChI is InChI=1S/C18H36O.C5H13N.2C2H6O/c1-2-3-4-5-6-7-8-9-10-11-12-13-14-15-16-17-18-19;1-2-3-4-5-6;2*1-2-3/h9-10,19H,2-8,11-18H2,1H3;2-6H2,1H3;2*3H,2H2,1H3/b10-9-;;;. The van der Waals surface area contributed by atoms with Gasteiger partial charge in [0.1, 0.15) is 0 Å². The molecule has 0 rings (SSSR count). The van der Waals surface area contributed by atoms with Gasteiger partial charge < -0.3 is 21.1 Å². The quantitative estimate of drug-likeness (QED) is 0.133. The molecule has 192 valence electrons. The van der Waals surface area contributed by atoms with Gasteiger partial charge in [-0.3, -0.25) is 0 Å². The van der Waals surface area contributed by atoms with E-state index in [1.807, 2.05) is 0 Å². The molecule has 0 fully saturated rings. The molecule has 4 heteroatoms. The van der Waals surface area contributed by atoms with E-state index in [0.717, 1.165) is 13.0 Å². The SMILES string of the molecule is CCCCCCCC/C=C\CCCCCCCCO.CCCCCN.CCO.CCO. The minimum atomic E-state index is 0.250. The van der Waals surface area contributed by atoms with E-state index in [2.05, 4.69) is 26.0 Å². The van der Waals surface area contributed by atoms with E-state index in [4.69, 9.17) is 21.1 Å². The van der Waals surface area contributed by atoms with Gasteiger partial charge in [-0.15, -0.1) is 0 Å².